The van der Waals surface area contributed by atoms with E-state index in [0.29, 0.717) is 5.75 Å². The van der Waals surface area contributed by atoms with E-state index in [9.17, 15) is 15.0 Å². The highest BCUT2D eigenvalue weighted by Crippen LogP contribution is 2.19. The van der Waals surface area contributed by atoms with Crippen LogP contribution in [-0.2, 0) is 4.79 Å². The highest BCUT2D eigenvalue weighted by Gasteiger charge is 2.04. The number of rotatable bonds is 7. The number of aliphatic carboxylic acids is 1. The van der Waals surface area contributed by atoms with Gasteiger partial charge in [-0.15, -0.1) is 11.8 Å². The lowest BCUT2D eigenvalue weighted by Crippen LogP contribution is -2.28. The van der Waals surface area contributed by atoms with Crippen molar-refractivity contribution in [3.05, 3.63) is 24.3 Å². The van der Waals surface area contributed by atoms with Crippen LogP contribution in [0.1, 0.15) is 12.8 Å². The van der Waals surface area contributed by atoms with Gasteiger partial charge >= 0.3 is 0 Å². The van der Waals surface area contributed by atoms with Crippen LogP contribution in [-0.4, -0.2) is 30.0 Å². The number of thioether (sulfide) groups is 1. The third kappa shape index (κ3) is 5.60. The summed E-state index contributed by atoms with van der Waals surface area (Å²) >= 11 is 1.65. The molecule has 1 atom stereocenters. The second kappa shape index (κ2) is 7.19. The van der Waals surface area contributed by atoms with Crippen LogP contribution in [0.4, 0.5) is 0 Å². The number of hydrogen-bond acceptors (Lipinski definition) is 5. The first-order chi connectivity index (χ1) is 8.11. The van der Waals surface area contributed by atoms with Gasteiger partial charge in [0.05, 0.1) is 12.7 Å². The van der Waals surface area contributed by atoms with Crippen LogP contribution >= 0.6 is 11.8 Å². The Kier molecular flexibility index (Phi) is 5.86. The lowest BCUT2D eigenvalue weighted by molar-refractivity contribution is -0.307. The maximum absolute atomic E-state index is 10.2. The van der Waals surface area contributed by atoms with Crippen molar-refractivity contribution in [1.82, 2.24) is 0 Å². The third-order valence-electron chi connectivity index (χ3n) is 2.18. The number of carbonyl (C=O) groups is 1. The van der Waals surface area contributed by atoms with Gasteiger partial charge in [0.15, 0.2) is 0 Å². The number of carboxylic acids is 1. The molecule has 0 saturated carbocycles. The number of aliphatic hydroxyl groups excluding tert-OH is 1. The highest BCUT2D eigenvalue weighted by atomic mass is 32.2. The monoisotopic (exact) mass is 255 g/mol. The quantitative estimate of drug-likeness (QED) is 0.725. The number of carbonyl (C=O) groups excluding carboxylic acids is 1. The van der Waals surface area contributed by atoms with Gasteiger partial charge in [0.25, 0.3) is 0 Å². The van der Waals surface area contributed by atoms with Crippen LogP contribution < -0.4 is 9.84 Å². The molecule has 17 heavy (non-hydrogen) atoms. The largest absolute Gasteiger partial charge is 0.550 e. The molecule has 4 nitrogen and oxygen atoms in total. The van der Waals surface area contributed by atoms with Gasteiger partial charge in [-0.3, -0.25) is 0 Å². The SMILES string of the molecule is CSc1ccc(OCCC(O)CC(=O)[O-])cc1. The molecular weight excluding hydrogens is 240 g/mol. The fraction of sp³-hybridized carbons (Fsp3) is 0.417. The molecule has 0 spiro atoms. The van der Waals surface area contributed by atoms with Gasteiger partial charge in [0, 0.05) is 23.7 Å². The molecular formula is C12H15O4S-. The second-order valence-electron chi connectivity index (χ2n) is 3.54. The maximum Gasteiger partial charge on any atom is 0.119 e. The van der Waals surface area contributed by atoms with Crippen LogP contribution in [0.5, 0.6) is 5.75 Å². The topological polar surface area (TPSA) is 69.6 Å². The van der Waals surface area contributed by atoms with E-state index in [4.69, 9.17) is 4.74 Å². The van der Waals surface area contributed by atoms with E-state index >= 15 is 0 Å². The fourth-order valence-electron chi connectivity index (χ4n) is 1.28. The Labute approximate surface area is 105 Å². The van der Waals surface area contributed by atoms with Crippen molar-refractivity contribution in [2.24, 2.45) is 0 Å². The molecule has 0 radical (unpaired) electrons. The minimum Gasteiger partial charge on any atom is -0.550 e. The highest BCUT2D eigenvalue weighted by molar-refractivity contribution is 7.98. The molecule has 5 heteroatoms. The van der Waals surface area contributed by atoms with E-state index in [1.54, 1.807) is 11.8 Å². The summed E-state index contributed by atoms with van der Waals surface area (Å²) < 4.78 is 5.38. The summed E-state index contributed by atoms with van der Waals surface area (Å²) in [5.41, 5.74) is 0. The van der Waals surface area contributed by atoms with Crippen LogP contribution in [0.15, 0.2) is 29.2 Å². The van der Waals surface area contributed by atoms with E-state index in [1.807, 2.05) is 30.5 Å². The average molecular weight is 255 g/mol. The zero-order chi connectivity index (χ0) is 12.7. The van der Waals surface area contributed by atoms with Crippen LogP contribution in [0, 0.1) is 0 Å². The Balaban J connectivity index is 2.28. The molecule has 1 unspecified atom stereocenters. The van der Waals surface area contributed by atoms with Crippen molar-refractivity contribution in [3.63, 3.8) is 0 Å². The van der Waals surface area contributed by atoms with Gasteiger partial charge in [-0.1, -0.05) is 0 Å². The summed E-state index contributed by atoms with van der Waals surface area (Å²) in [5, 5.41) is 19.5. The van der Waals surface area contributed by atoms with Crippen molar-refractivity contribution in [3.8, 4) is 5.75 Å². The molecule has 94 valence electrons. The summed E-state index contributed by atoms with van der Waals surface area (Å²) in [5.74, 6) is -0.537. The van der Waals surface area contributed by atoms with Crippen LogP contribution in [0.3, 0.4) is 0 Å². The Morgan fingerprint density at radius 3 is 2.65 bits per heavy atom. The van der Waals surface area contributed by atoms with Crippen molar-refractivity contribution >= 4 is 17.7 Å². The number of carboxylic acid groups (broad SMARTS) is 1. The van der Waals surface area contributed by atoms with Gasteiger partial charge in [-0.25, -0.2) is 0 Å². The first-order valence-electron chi connectivity index (χ1n) is 5.26. The predicted octanol–water partition coefficient (Wildman–Crippen LogP) is 0.678. The summed E-state index contributed by atoms with van der Waals surface area (Å²) in [4.78, 5) is 11.3. The zero-order valence-electron chi connectivity index (χ0n) is 9.59. The second-order valence-corrected chi connectivity index (χ2v) is 4.42. The number of benzene rings is 1. The molecule has 0 amide bonds. The smallest absolute Gasteiger partial charge is 0.119 e. The molecule has 0 aliphatic carbocycles. The number of ether oxygens (including phenoxy) is 1. The predicted molar refractivity (Wildman–Crippen MR) is 64.0 cm³/mol. The average Bonchev–Trinajstić information content (AvgIpc) is 2.29. The Morgan fingerprint density at radius 1 is 1.47 bits per heavy atom. The molecule has 0 saturated heterocycles. The van der Waals surface area contributed by atoms with E-state index in [-0.39, 0.29) is 19.4 Å². The molecule has 0 fully saturated rings. The molecule has 1 aromatic carbocycles. The van der Waals surface area contributed by atoms with Crippen molar-refractivity contribution < 1.29 is 19.7 Å². The van der Waals surface area contributed by atoms with Gasteiger partial charge in [-0.2, -0.15) is 0 Å². The summed E-state index contributed by atoms with van der Waals surface area (Å²) in [6.07, 6.45) is 1.00. The minimum absolute atomic E-state index is 0.276. The fourth-order valence-corrected chi connectivity index (χ4v) is 1.69. The Bertz CT molecular complexity index is 350. The molecule has 0 bridgehead atoms. The number of hydrogen-bond donors (Lipinski definition) is 1. The Morgan fingerprint density at radius 2 is 2.12 bits per heavy atom. The van der Waals surface area contributed by atoms with E-state index in [0.717, 1.165) is 4.90 Å². The number of aliphatic hydroxyl groups is 1. The molecule has 0 aromatic heterocycles. The summed E-state index contributed by atoms with van der Waals surface area (Å²) in [7, 11) is 0. The van der Waals surface area contributed by atoms with Crippen molar-refractivity contribution in [2.75, 3.05) is 12.9 Å². The first kappa shape index (κ1) is 13.9. The van der Waals surface area contributed by atoms with E-state index < -0.39 is 12.1 Å². The Hall–Kier alpha value is -1.20. The molecule has 1 rings (SSSR count). The third-order valence-corrected chi connectivity index (χ3v) is 2.93. The first-order valence-corrected chi connectivity index (χ1v) is 6.49. The van der Waals surface area contributed by atoms with E-state index in [2.05, 4.69) is 0 Å². The minimum atomic E-state index is -1.25. The van der Waals surface area contributed by atoms with Crippen molar-refractivity contribution in [1.29, 1.82) is 0 Å². The van der Waals surface area contributed by atoms with Gasteiger partial charge in [0.2, 0.25) is 0 Å². The summed E-state index contributed by atoms with van der Waals surface area (Å²) in [6.45, 7) is 0.285. The van der Waals surface area contributed by atoms with Gasteiger partial charge < -0.3 is 19.7 Å². The molecule has 0 heterocycles. The lowest BCUT2D eigenvalue weighted by atomic mass is 10.2. The van der Waals surface area contributed by atoms with Gasteiger partial charge in [0.1, 0.15) is 5.75 Å². The van der Waals surface area contributed by atoms with Crippen LogP contribution in [0.25, 0.3) is 0 Å². The summed E-state index contributed by atoms with van der Waals surface area (Å²) in [6, 6.07) is 7.57. The molecule has 1 N–H and O–H groups in total. The van der Waals surface area contributed by atoms with Crippen LogP contribution in [0.2, 0.25) is 0 Å². The van der Waals surface area contributed by atoms with E-state index in [1.165, 1.54) is 0 Å². The van der Waals surface area contributed by atoms with Crippen molar-refractivity contribution in [2.45, 2.75) is 23.8 Å². The normalized spacial score (nSPS) is 12.1. The molecule has 0 aliphatic heterocycles. The standard InChI is InChI=1S/C12H16O4S/c1-17-11-4-2-10(3-5-11)16-7-6-9(13)8-12(14)15/h2-5,9,13H,6-8H2,1H3,(H,14,15)/p-1. The lowest BCUT2D eigenvalue weighted by Gasteiger charge is -2.12. The molecule has 1 aromatic rings. The molecule has 0 aliphatic rings. The van der Waals surface area contributed by atoms with Gasteiger partial charge in [-0.05, 0) is 30.5 Å². The zero-order valence-corrected chi connectivity index (χ0v) is 10.4. The maximum atomic E-state index is 10.2.